The summed E-state index contributed by atoms with van der Waals surface area (Å²) < 4.78 is 2.07. The van der Waals surface area contributed by atoms with Crippen LogP contribution in [0, 0.1) is 5.41 Å². The van der Waals surface area contributed by atoms with Crippen molar-refractivity contribution < 1.29 is 0 Å². The summed E-state index contributed by atoms with van der Waals surface area (Å²) in [7, 11) is 0. The van der Waals surface area contributed by atoms with Gasteiger partial charge >= 0.3 is 0 Å². The third-order valence-electron chi connectivity index (χ3n) is 4.56. The molecule has 1 aliphatic carbocycles. The quantitative estimate of drug-likeness (QED) is 0.823. The van der Waals surface area contributed by atoms with Crippen molar-refractivity contribution in [3.63, 3.8) is 0 Å². The molecule has 4 heteroatoms. The SMILES string of the molecule is CCCn1ncnc1CC(NCC)C1(C)CCCC1. The average molecular weight is 264 g/mol. The molecule has 0 spiro atoms. The van der Waals surface area contributed by atoms with E-state index in [1.807, 2.05) is 0 Å². The van der Waals surface area contributed by atoms with Crippen LogP contribution < -0.4 is 5.32 Å². The number of hydrogen-bond donors (Lipinski definition) is 1. The monoisotopic (exact) mass is 264 g/mol. The molecule has 108 valence electrons. The molecule has 0 aliphatic heterocycles. The van der Waals surface area contributed by atoms with E-state index in [4.69, 9.17) is 0 Å². The maximum absolute atomic E-state index is 4.47. The summed E-state index contributed by atoms with van der Waals surface area (Å²) in [5.41, 5.74) is 0.430. The second-order valence-corrected chi connectivity index (χ2v) is 6.07. The van der Waals surface area contributed by atoms with E-state index in [9.17, 15) is 0 Å². The van der Waals surface area contributed by atoms with Gasteiger partial charge in [-0.3, -0.25) is 4.68 Å². The minimum absolute atomic E-state index is 0.430. The molecule has 1 N–H and O–H groups in total. The Kier molecular flexibility index (Phi) is 4.97. The van der Waals surface area contributed by atoms with Gasteiger partial charge in [-0.15, -0.1) is 0 Å². The number of rotatable bonds is 7. The summed E-state index contributed by atoms with van der Waals surface area (Å²) in [5, 5.41) is 8.04. The van der Waals surface area contributed by atoms with Gasteiger partial charge in [0.25, 0.3) is 0 Å². The Morgan fingerprint density at radius 1 is 1.37 bits per heavy atom. The van der Waals surface area contributed by atoms with Crippen LogP contribution in [-0.2, 0) is 13.0 Å². The van der Waals surface area contributed by atoms with Crippen LogP contribution in [0.3, 0.4) is 0 Å². The van der Waals surface area contributed by atoms with Crippen molar-refractivity contribution in [3.05, 3.63) is 12.2 Å². The van der Waals surface area contributed by atoms with Gasteiger partial charge in [0, 0.05) is 19.0 Å². The van der Waals surface area contributed by atoms with Crippen LogP contribution in [0.4, 0.5) is 0 Å². The standard InChI is InChI=1S/C15H28N4/c1-4-10-19-14(17-12-18-19)11-13(16-5-2)15(3)8-6-7-9-15/h12-13,16H,4-11H2,1-3H3. The van der Waals surface area contributed by atoms with E-state index in [-0.39, 0.29) is 0 Å². The van der Waals surface area contributed by atoms with Crippen molar-refractivity contribution in [2.45, 2.75) is 71.9 Å². The van der Waals surface area contributed by atoms with Crippen LogP contribution in [0.25, 0.3) is 0 Å². The first-order chi connectivity index (χ1) is 9.19. The molecule has 0 saturated heterocycles. The van der Waals surface area contributed by atoms with E-state index in [2.05, 4.69) is 40.9 Å². The Morgan fingerprint density at radius 3 is 2.74 bits per heavy atom. The lowest BCUT2D eigenvalue weighted by Gasteiger charge is -2.34. The van der Waals surface area contributed by atoms with E-state index >= 15 is 0 Å². The smallest absolute Gasteiger partial charge is 0.138 e. The number of aromatic nitrogens is 3. The van der Waals surface area contributed by atoms with E-state index in [1.54, 1.807) is 6.33 Å². The molecule has 0 aromatic carbocycles. The van der Waals surface area contributed by atoms with Gasteiger partial charge in [0.05, 0.1) is 0 Å². The highest BCUT2D eigenvalue weighted by Gasteiger charge is 2.37. The first-order valence-electron chi connectivity index (χ1n) is 7.79. The molecule has 0 radical (unpaired) electrons. The maximum atomic E-state index is 4.47. The van der Waals surface area contributed by atoms with Gasteiger partial charge in [-0.25, -0.2) is 4.98 Å². The molecule has 0 bridgehead atoms. The third kappa shape index (κ3) is 3.35. The number of nitrogens with zero attached hydrogens (tertiary/aromatic N) is 3. The molecular weight excluding hydrogens is 236 g/mol. The molecule has 0 amide bonds. The Labute approximate surface area is 117 Å². The van der Waals surface area contributed by atoms with Crippen molar-refractivity contribution in [1.82, 2.24) is 20.1 Å². The van der Waals surface area contributed by atoms with Crippen molar-refractivity contribution >= 4 is 0 Å². The topological polar surface area (TPSA) is 42.7 Å². The number of nitrogens with one attached hydrogen (secondary N) is 1. The Hall–Kier alpha value is -0.900. The van der Waals surface area contributed by atoms with Crippen molar-refractivity contribution in [1.29, 1.82) is 0 Å². The minimum atomic E-state index is 0.430. The average Bonchev–Trinajstić information content (AvgIpc) is 3.00. The van der Waals surface area contributed by atoms with Crippen LogP contribution in [-0.4, -0.2) is 27.4 Å². The highest BCUT2D eigenvalue weighted by Crippen LogP contribution is 2.41. The zero-order valence-electron chi connectivity index (χ0n) is 12.7. The molecule has 1 unspecified atom stereocenters. The zero-order chi connectivity index (χ0) is 13.7. The van der Waals surface area contributed by atoms with Crippen LogP contribution in [0.1, 0.15) is 58.7 Å². The number of hydrogen-bond acceptors (Lipinski definition) is 3. The van der Waals surface area contributed by atoms with E-state index < -0.39 is 0 Å². The van der Waals surface area contributed by atoms with Crippen molar-refractivity contribution in [3.8, 4) is 0 Å². The van der Waals surface area contributed by atoms with Crippen LogP contribution in [0.5, 0.6) is 0 Å². The molecule has 1 aromatic rings. The molecule has 1 atom stereocenters. The van der Waals surface area contributed by atoms with Gasteiger partial charge in [0.1, 0.15) is 12.2 Å². The molecule has 4 nitrogen and oxygen atoms in total. The fourth-order valence-corrected chi connectivity index (χ4v) is 3.37. The van der Waals surface area contributed by atoms with Crippen LogP contribution in [0.15, 0.2) is 6.33 Å². The lowest BCUT2D eigenvalue weighted by atomic mass is 9.79. The second kappa shape index (κ2) is 6.51. The van der Waals surface area contributed by atoms with Gasteiger partial charge < -0.3 is 5.32 Å². The summed E-state index contributed by atoms with van der Waals surface area (Å²) >= 11 is 0. The van der Waals surface area contributed by atoms with Gasteiger partial charge in [0.2, 0.25) is 0 Å². The highest BCUT2D eigenvalue weighted by molar-refractivity contribution is 4.98. The normalized spacial score (nSPS) is 19.7. The van der Waals surface area contributed by atoms with Gasteiger partial charge in [-0.05, 0) is 31.2 Å². The summed E-state index contributed by atoms with van der Waals surface area (Å²) in [5.74, 6) is 1.14. The lowest BCUT2D eigenvalue weighted by molar-refractivity contribution is 0.217. The Morgan fingerprint density at radius 2 is 2.11 bits per heavy atom. The summed E-state index contributed by atoms with van der Waals surface area (Å²) in [4.78, 5) is 4.47. The first-order valence-corrected chi connectivity index (χ1v) is 7.79. The second-order valence-electron chi connectivity index (χ2n) is 6.07. The third-order valence-corrected chi connectivity index (χ3v) is 4.56. The van der Waals surface area contributed by atoms with E-state index in [1.165, 1.54) is 25.7 Å². The predicted molar refractivity (Wildman–Crippen MR) is 78.1 cm³/mol. The molecule has 1 aliphatic rings. The summed E-state index contributed by atoms with van der Waals surface area (Å²) in [6, 6.07) is 0.528. The Balaban J connectivity index is 2.09. The molecular formula is C15H28N4. The number of aryl methyl sites for hydroxylation is 1. The Bertz CT molecular complexity index is 379. The maximum Gasteiger partial charge on any atom is 0.138 e. The molecule has 1 fully saturated rings. The van der Waals surface area contributed by atoms with Crippen LogP contribution >= 0.6 is 0 Å². The summed E-state index contributed by atoms with van der Waals surface area (Å²) in [6.45, 7) is 8.83. The van der Waals surface area contributed by atoms with Gasteiger partial charge in [-0.2, -0.15) is 5.10 Å². The first kappa shape index (κ1) is 14.5. The highest BCUT2D eigenvalue weighted by atomic mass is 15.3. The fourth-order valence-electron chi connectivity index (χ4n) is 3.37. The van der Waals surface area contributed by atoms with Gasteiger partial charge in [0.15, 0.2) is 0 Å². The molecule has 1 saturated carbocycles. The van der Waals surface area contributed by atoms with E-state index in [0.717, 1.165) is 31.8 Å². The largest absolute Gasteiger partial charge is 0.313 e. The van der Waals surface area contributed by atoms with E-state index in [0.29, 0.717) is 11.5 Å². The van der Waals surface area contributed by atoms with Gasteiger partial charge in [-0.1, -0.05) is 33.6 Å². The minimum Gasteiger partial charge on any atom is -0.313 e. The fraction of sp³-hybridized carbons (Fsp3) is 0.867. The molecule has 19 heavy (non-hydrogen) atoms. The molecule has 1 heterocycles. The van der Waals surface area contributed by atoms with Crippen molar-refractivity contribution in [2.24, 2.45) is 5.41 Å². The lowest BCUT2D eigenvalue weighted by Crippen LogP contribution is -2.44. The number of likely N-dealkylation sites (N-methyl/N-ethyl adjacent to an activating group) is 1. The van der Waals surface area contributed by atoms with Crippen molar-refractivity contribution in [2.75, 3.05) is 6.54 Å². The molecule has 1 aromatic heterocycles. The molecule has 2 rings (SSSR count). The zero-order valence-corrected chi connectivity index (χ0v) is 12.7. The van der Waals surface area contributed by atoms with Crippen LogP contribution in [0.2, 0.25) is 0 Å². The predicted octanol–water partition coefficient (Wildman–Crippen LogP) is 2.79. The summed E-state index contributed by atoms with van der Waals surface area (Å²) in [6.07, 6.45) is 9.24.